The fraction of sp³-hybridized carbons (Fsp3) is 0.0526. The van der Waals surface area contributed by atoms with Gasteiger partial charge in [0.25, 0.3) is 0 Å². The maximum absolute atomic E-state index is 5.53. The predicted octanol–water partition coefficient (Wildman–Crippen LogP) is 8.60. The van der Waals surface area contributed by atoms with Crippen LogP contribution in [0.15, 0.2) is 133 Å². The number of aryl methyl sites for hydroxylation is 1. The van der Waals surface area contributed by atoms with Crippen molar-refractivity contribution in [3.63, 3.8) is 0 Å². The highest BCUT2D eigenvalue weighted by Crippen LogP contribution is 2.37. The van der Waals surface area contributed by atoms with Crippen molar-refractivity contribution in [3.05, 3.63) is 133 Å². The van der Waals surface area contributed by atoms with Crippen molar-refractivity contribution in [1.29, 1.82) is 0 Å². The highest BCUT2D eigenvalue weighted by molar-refractivity contribution is 6.64. The van der Waals surface area contributed by atoms with Crippen LogP contribution in [0.3, 0.4) is 0 Å². The molecule has 0 saturated carbocycles. The third-order valence-corrected chi connectivity index (χ3v) is 8.98. The summed E-state index contributed by atoms with van der Waals surface area (Å²) in [5, 5.41) is 4.09. The molecule has 218 valence electrons. The second-order valence-corrected chi connectivity index (χ2v) is 11.6. The quantitative estimate of drug-likeness (QED) is 0.191. The standard InChI is InChI=1S/C38H28BN7/c1-39(45(25-15-5-3-6-16-25)26-17-7-4-8-18-26)46-37-31-23-13-14-24-32(31)38(46)43-36-30-22-12-11-21-29(30)35(44(36)2)41-33-27-19-9-10-20-28(27)34(40-33)42-37/h3-24H,1-2H3. The molecule has 5 aromatic carbocycles. The van der Waals surface area contributed by atoms with Gasteiger partial charge in [-0.1, -0.05) is 109 Å². The lowest BCUT2D eigenvalue weighted by Crippen LogP contribution is -2.40. The van der Waals surface area contributed by atoms with Crippen molar-refractivity contribution < 1.29 is 0 Å². The van der Waals surface area contributed by atoms with Gasteiger partial charge in [-0.15, -0.1) is 0 Å². The van der Waals surface area contributed by atoms with E-state index in [-0.39, 0.29) is 6.98 Å². The fourth-order valence-corrected chi connectivity index (χ4v) is 6.86. The minimum absolute atomic E-state index is 0.228. The van der Waals surface area contributed by atoms with E-state index >= 15 is 0 Å². The third kappa shape index (κ3) is 3.93. The molecule has 1 aliphatic heterocycles. The number of nitrogens with zero attached hydrogens (tertiary/aromatic N) is 7. The fourth-order valence-electron chi connectivity index (χ4n) is 6.86. The van der Waals surface area contributed by atoms with Crippen molar-refractivity contribution in [1.82, 2.24) is 29.0 Å². The largest absolute Gasteiger partial charge is 0.383 e. The first-order valence-electron chi connectivity index (χ1n) is 15.5. The zero-order chi connectivity index (χ0) is 30.8. The molecule has 0 amide bonds. The van der Waals surface area contributed by atoms with E-state index < -0.39 is 0 Å². The van der Waals surface area contributed by atoms with Gasteiger partial charge in [0, 0.05) is 51.1 Å². The van der Waals surface area contributed by atoms with Crippen LogP contribution in [0.5, 0.6) is 0 Å². The minimum Gasteiger partial charge on any atom is -0.366 e. The molecule has 0 fully saturated rings. The van der Waals surface area contributed by atoms with Gasteiger partial charge >= 0.3 is 6.98 Å². The Bertz CT molecular complexity index is 2480. The van der Waals surface area contributed by atoms with Gasteiger partial charge in [0.15, 0.2) is 11.6 Å². The highest BCUT2D eigenvalue weighted by atomic mass is 15.2. The average Bonchev–Trinajstić information content (AvgIpc) is 3.70. The van der Waals surface area contributed by atoms with Crippen LogP contribution in [-0.2, 0) is 7.05 Å². The van der Waals surface area contributed by atoms with Crippen LogP contribution < -0.4 is 4.81 Å². The molecule has 0 spiro atoms. The number of hydrogen-bond acceptors (Lipinski definition) is 5. The van der Waals surface area contributed by atoms with Crippen molar-refractivity contribution in [3.8, 4) is 22.8 Å². The van der Waals surface area contributed by atoms with Crippen LogP contribution in [-0.4, -0.2) is 36.0 Å². The molecule has 0 saturated heterocycles. The summed E-state index contributed by atoms with van der Waals surface area (Å²) in [6.45, 7) is 1.99. The van der Waals surface area contributed by atoms with Gasteiger partial charge in [-0.25, -0.2) is 19.9 Å². The molecule has 0 atom stereocenters. The lowest BCUT2D eigenvalue weighted by molar-refractivity contribution is 0.968. The van der Waals surface area contributed by atoms with E-state index in [2.05, 4.69) is 130 Å². The van der Waals surface area contributed by atoms with E-state index in [1.165, 1.54) is 0 Å². The number of anilines is 2. The molecule has 9 rings (SSSR count). The third-order valence-electron chi connectivity index (χ3n) is 8.98. The van der Waals surface area contributed by atoms with E-state index in [9.17, 15) is 0 Å². The molecule has 0 aliphatic carbocycles. The zero-order valence-corrected chi connectivity index (χ0v) is 25.4. The minimum atomic E-state index is -0.228. The number of hydrogen-bond donors (Lipinski definition) is 0. The first-order chi connectivity index (χ1) is 22.7. The molecule has 8 heteroatoms. The van der Waals surface area contributed by atoms with Gasteiger partial charge in [0.05, 0.1) is 0 Å². The summed E-state index contributed by atoms with van der Waals surface area (Å²) < 4.78 is 4.36. The summed E-state index contributed by atoms with van der Waals surface area (Å²) in [6, 6.07) is 46.0. The van der Waals surface area contributed by atoms with Gasteiger partial charge in [-0.2, -0.15) is 0 Å². The van der Waals surface area contributed by atoms with Gasteiger partial charge in [0.1, 0.15) is 22.6 Å². The molecular weight excluding hydrogens is 565 g/mol. The molecule has 3 aromatic heterocycles. The topological polar surface area (TPSA) is 64.7 Å². The molecule has 0 unspecified atom stereocenters. The predicted molar refractivity (Wildman–Crippen MR) is 189 cm³/mol. The van der Waals surface area contributed by atoms with Gasteiger partial charge < -0.3 is 13.9 Å². The molecule has 46 heavy (non-hydrogen) atoms. The summed E-state index contributed by atoms with van der Waals surface area (Å²) in [4.78, 5) is 23.5. The Labute approximate surface area is 265 Å². The van der Waals surface area contributed by atoms with Crippen LogP contribution in [0, 0.1) is 0 Å². The van der Waals surface area contributed by atoms with E-state index in [1.807, 2.05) is 31.3 Å². The van der Waals surface area contributed by atoms with E-state index in [0.29, 0.717) is 11.6 Å². The Morgan fingerprint density at radius 3 is 1.37 bits per heavy atom. The van der Waals surface area contributed by atoms with Crippen LogP contribution in [0.2, 0.25) is 6.82 Å². The first-order valence-corrected chi connectivity index (χ1v) is 15.5. The summed E-state index contributed by atoms with van der Waals surface area (Å²) in [5.41, 5.74) is 7.35. The Hall–Kier alpha value is -6.02. The summed E-state index contributed by atoms with van der Waals surface area (Å²) in [7, 11) is 2.04. The molecule has 4 heterocycles. The average molecular weight is 594 g/mol. The van der Waals surface area contributed by atoms with Crippen LogP contribution in [0.4, 0.5) is 11.4 Å². The summed E-state index contributed by atoms with van der Waals surface area (Å²) in [6.07, 6.45) is 0. The molecule has 8 aromatic rings. The van der Waals surface area contributed by atoms with Crippen molar-refractivity contribution in [2.24, 2.45) is 7.05 Å². The Morgan fingerprint density at radius 1 is 0.457 bits per heavy atom. The second-order valence-electron chi connectivity index (χ2n) is 11.6. The second kappa shape index (κ2) is 10.3. The maximum atomic E-state index is 5.53. The van der Waals surface area contributed by atoms with Crippen LogP contribution >= 0.6 is 0 Å². The Balaban J connectivity index is 1.50. The lowest BCUT2D eigenvalue weighted by atomic mass is 9.75. The van der Waals surface area contributed by atoms with Gasteiger partial charge in [-0.3, -0.25) is 0 Å². The molecule has 6 bridgehead atoms. The van der Waals surface area contributed by atoms with Crippen LogP contribution in [0.25, 0.3) is 66.9 Å². The summed E-state index contributed by atoms with van der Waals surface area (Å²) in [5.74, 6) is 1.29. The number of rotatable bonds is 4. The summed E-state index contributed by atoms with van der Waals surface area (Å²) >= 11 is 0. The zero-order valence-electron chi connectivity index (χ0n) is 25.4. The maximum Gasteiger partial charge on any atom is 0.383 e. The Morgan fingerprint density at radius 2 is 0.848 bits per heavy atom. The van der Waals surface area contributed by atoms with Crippen molar-refractivity contribution >= 4 is 62.5 Å². The molecule has 0 N–H and O–H groups in total. The van der Waals surface area contributed by atoms with Crippen LogP contribution in [0.1, 0.15) is 0 Å². The van der Waals surface area contributed by atoms with Crippen molar-refractivity contribution in [2.75, 3.05) is 4.81 Å². The van der Waals surface area contributed by atoms with E-state index in [1.54, 1.807) is 0 Å². The normalized spacial score (nSPS) is 11.7. The molecule has 0 radical (unpaired) electrons. The number of fused-ring (bicyclic) bond motifs is 15. The van der Waals surface area contributed by atoms with E-state index in [0.717, 1.165) is 66.6 Å². The lowest BCUT2D eigenvalue weighted by Gasteiger charge is -2.30. The molecular formula is C38H28BN7. The van der Waals surface area contributed by atoms with Crippen molar-refractivity contribution in [2.45, 2.75) is 6.82 Å². The monoisotopic (exact) mass is 593 g/mol. The Kier molecular flexibility index (Phi) is 5.90. The molecule has 7 nitrogen and oxygen atoms in total. The van der Waals surface area contributed by atoms with Gasteiger partial charge in [-0.05, 0) is 31.1 Å². The first kappa shape index (κ1) is 26.4. The number of aromatic nitrogens is 6. The molecule has 1 aliphatic rings. The van der Waals surface area contributed by atoms with E-state index in [4.69, 9.17) is 19.9 Å². The van der Waals surface area contributed by atoms with Gasteiger partial charge in [0.2, 0.25) is 0 Å². The smallest absolute Gasteiger partial charge is 0.366 e. The SMILES string of the molecule is CB(N(c1ccccc1)c1ccccc1)n1c2nc3nc(nc4c5ccccc5c(nc1c1ccccc12)n4C)-c1ccccc1-3. The number of benzene rings is 5. The highest BCUT2D eigenvalue weighted by Gasteiger charge is 2.29. The number of para-hydroxylation sites is 2.